The molecule has 0 bridgehead atoms. The lowest BCUT2D eigenvalue weighted by Gasteiger charge is -2.61. The molecule has 0 spiro atoms. The topological polar surface area (TPSA) is 49.4 Å². The van der Waals surface area contributed by atoms with Gasteiger partial charge in [0.2, 0.25) is 18.2 Å². The summed E-state index contributed by atoms with van der Waals surface area (Å²) in [5.41, 5.74) is 0.115. The summed E-state index contributed by atoms with van der Waals surface area (Å²) in [6.07, 6.45) is 6.05. The number of halogens is 2. The third-order valence-corrected chi connectivity index (χ3v) is 11.0. The molecule has 4 fully saturated rings. The Bertz CT molecular complexity index is 788. The van der Waals surface area contributed by atoms with Crippen molar-refractivity contribution in [1.82, 2.24) is 10.2 Å². The van der Waals surface area contributed by atoms with Gasteiger partial charge in [0, 0.05) is 37.4 Å². The van der Waals surface area contributed by atoms with Crippen LogP contribution in [0.25, 0.3) is 0 Å². The van der Waals surface area contributed by atoms with E-state index in [-0.39, 0.29) is 34.5 Å². The van der Waals surface area contributed by atoms with Crippen LogP contribution in [-0.2, 0) is 9.59 Å². The van der Waals surface area contributed by atoms with Crippen molar-refractivity contribution in [2.24, 2.45) is 46.3 Å². The van der Waals surface area contributed by atoms with E-state index < -0.39 is 18.4 Å². The normalized spacial score (nSPS) is 41.6. The van der Waals surface area contributed by atoms with Crippen molar-refractivity contribution in [3.63, 3.8) is 0 Å². The Kier molecular flexibility index (Phi) is 7.12. The Labute approximate surface area is 205 Å². The quantitative estimate of drug-likeness (QED) is 0.515. The van der Waals surface area contributed by atoms with E-state index in [2.05, 4.69) is 19.2 Å². The molecule has 1 N–H and O–H groups in total. The van der Waals surface area contributed by atoms with Crippen LogP contribution in [0.5, 0.6) is 0 Å². The minimum absolute atomic E-state index is 0.00416. The lowest BCUT2D eigenvalue weighted by atomic mass is 9.47. The number of amides is 2. The van der Waals surface area contributed by atoms with Crippen molar-refractivity contribution in [3.8, 4) is 0 Å². The van der Waals surface area contributed by atoms with Crippen molar-refractivity contribution in [1.29, 1.82) is 0 Å². The Morgan fingerprint density at radius 2 is 1.71 bits per heavy atom. The van der Waals surface area contributed by atoms with Crippen LogP contribution >= 0.6 is 0 Å². The van der Waals surface area contributed by atoms with E-state index >= 15 is 0 Å². The zero-order valence-electron chi connectivity index (χ0n) is 22.1. The van der Waals surface area contributed by atoms with Crippen LogP contribution in [0.1, 0.15) is 92.4 Å². The van der Waals surface area contributed by atoms with Gasteiger partial charge in [-0.05, 0) is 85.9 Å². The van der Waals surface area contributed by atoms with Gasteiger partial charge in [0.1, 0.15) is 0 Å². The first kappa shape index (κ1) is 25.9. The Morgan fingerprint density at radius 1 is 1.03 bits per heavy atom. The van der Waals surface area contributed by atoms with Crippen LogP contribution in [-0.4, -0.2) is 42.3 Å². The van der Waals surface area contributed by atoms with Gasteiger partial charge in [-0.15, -0.1) is 0 Å². The maximum absolute atomic E-state index is 13.6. The molecule has 3 aliphatic carbocycles. The highest BCUT2D eigenvalue weighted by atomic mass is 19.3. The second-order valence-electron chi connectivity index (χ2n) is 13.1. The number of nitrogens with one attached hydrogen (secondary N) is 1. The third kappa shape index (κ3) is 4.19. The van der Waals surface area contributed by atoms with Crippen LogP contribution in [0.15, 0.2) is 0 Å². The summed E-state index contributed by atoms with van der Waals surface area (Å²) in [5.74, 6) is 1.34. The zero-order chi connectivity index (χ0) is 25.0. The van der Waals surface area contributed by atoms with Crippen LogP contribution < -0.4 is 5.32 Å². The number of carbonyl (C=O) groups is 2. The summed E-state index contributed by atoms with van der Waals surface area (Å²) in [7, 11) is 1.99. The predicted molar refractivity (Wildman–Crippen MR) is 130 cm³/mol. The first-order chi connectivity index (χ1) is 15.9. The van der Waals surface area contributed by atoms with Gasteiger partial charge in [-0.25, -0.2) is 8.78 Å². The highest BCUT2D eigenvalue weighted by molar-refractivity contribution is 5.80. The summed E-state index contributed by atoms with van der Waals surface area (Å²) in [5, 5.41) is 3.10. The predicted octanol–water partition coefficient (Wildman–Crippen LogP) is 5.90. The average Bonchev–Trinajstić information content (AvgIpc) is 3.12. The number of piperidine rings is 1. The molecule has 4 rings (SSSR count). The van der Waals surface area contributed by atoms with E-state index in [9.17, 15) is 18.4 Å². The molecule has 1 aliphatic heterocycles. The summed E-state index contributed by atoms with van der Waals surface area (Å²) < 4.78 is 27.1. The minimum atomic E-state index is -2.43. The van der Waals surface area contributed by atoms with Crippen LogP contribution in [0.4, 0.5) is 8.78 Å². The second kappa shape index (κ2) is 9.35. The van der Waals surface area contributed by atoms with E-state index in [0.717, 1.165) is 44.9 Å². The van der Waals surface area contributed by atoms with Crippen molar-refractivity contribution in [2.75, 3.05) is 7.05 Å². The lowest BCUT2D eigenvalue weighted by molar-refractivity contribution is -0.159. The Hall–Kier alpha value is -1.20. The molecule has 194 valence electrons. The minimum Gasteiger partial charge on any atom is -0.353 e. The molecule has 2 amide bonds. The molecule has 3 saturated carbocycles. The number of rotatable bonds is 6. The SMILES string of the molecule is CC(C)CC(NC(=O)C1CC[C@H]2[C@@H]3CCC4N(C)C(=O)CC[C@]4(C)[C@@H]3CC[C@]12C)C(C)C(F)F. The fraction of sp³-hybridized carbons (Fsp3) is 0.929. The number of hydrogen-bond acceptors (Lipinski definition) is 2. The largest absolute Gasteiger partial charge is 0.353 e. The van der Waals surface area contributed by atoms with Crippen LogP contribution in [0.2, 0.25) is 0 Å². The van der Waals surface area contributed by atoms with E-state index in [1.807, 2.05) is 25.8 Å². The fourth-order valence-corrected chi connectivity index (χ4v) is 8.95. The summed E-state index contributed by atoms with van der Waals surface area (Å²) >= 11 is 0. The average molecular weight is 481 g/mol. The molecule has 4 nitrogen and oxygen atoms in total. The van der Waals surface area contributed by atoms with Crippen molar-refractivity contribution in [3.05, 3.63) is 0 Å². The maximum atomic E-state index is 13.6. The smallest absolute Gasteiger partial charge is 0.243 e. The summed E-state index contributed by atoms with van der Waals surface area (Å²) in [4.78, 5) is 28.0. The standard InChI is InChI=1S/C28H46F2N2O2/c1-16(2)15-22(17(3)25(29)30)31-26(34)21-9-8-19-18-7-10-23-28(5,14-12-24(33)32(23)6)20(18)11-13-27(19,21)4/h16-23,25H,7-15H2,1-6H3,(H,31,34)/t17?,18-,19-,20+,21?,22?,23?,27-,28+/m0/s1. The molecule has 0 aromatic rings. The molecule has 0 aromatic carbocycles. The number of carbonyl (C=O) groups excluding carboxylic acids is 2. The van der Waals surface area contributed by atoms with E-state index in [1.54, 1.807) is 6.92 Å². The van der Waals surface area contributed by atoms with E-state index in [0.29, 0.717) is 36.6 Å². The lowest BCUT2D eigenvalue weighted by Crippen LogP contribution is -2.61. The molecule has 1 heterocycles. The van der Waals surface area contributed by atoms with E-state index in [1.165, 1.54) is 0 Å². The van der Waals surface area contributed by atoms with E-state index in [4.69, 9.17) is 0 Å². The number of likely N-dealkylation sites (tertiary alicyclic amines) is 1. The van der Waals surface area contributed by atoms with Crippen LogP contribution in [0, 0.1) is 46.3 Å². The number of hydrogen-bond donors (Lipinski definition) is 1. The molecule has 0 aromatic heterocycles. The molecule has 4 aliphatic rings. The molecule has 34 heavy (non-hydrogen) atoms. The zero-order valence-corrected chi connectivity index (χ0v) is 22.1. The van der Waals surface area contributed by atoms with Crippen molar-refractivity contribution < 1.29 is 18.4 Å². The summed E-state index contributed by atoms with van der Waals surface area (Å²) in [6, 6.07) is -0.136. The highest BCUT2D eigenvalue weighted by Gasteiger charge is 2.62. The van der Waals surface area contributed by atoms with Gasteiger partial charge in [0.25, 0.3) is 0 Å². The summed E-state index contributed by atoms with van der Waals surface area (Å²) in [6.45, 7) is 10.3. The number of alkyl halides is 2. The van der Waals surface area contributed by atoms with Crippen LogP contribution in [0.3, 0.4) is 0 Å². The highest BCUT2D eigenvalue weighted by Crippen LogP contribution is 2.66. The third-order valence-electron chi connectivity index (χ3n) is 11.0. The van der Waals surface area contributed by atoms with Gasteiger partial charge in [-0.2, -0.15) is 0 Å². The van der Waals surface area contributed by atoms with Crippen molar-refractivity contribution in [2.45, 2.75) is 111 Å². The van der Waals surface area contributed by atoms with Gasteiger partial charge >= 0.3 is 0 Å². The second-order valence-corrected chi connectivity index (χ2v) is 13.1. The number of nitrogens with zero attached hydrogens (tertiary/aromatic N) is 1. The fourth-order valence-electron chi connectivity index (χ4n) is 8.95. The first-order valence-electron chi connectivity index (χ1n) is 13.7. The molecule has 9 atom stereocenters. The Morgan fingerprint density at radius 3 is 2.35 bits per heavy atom. The first-order valence-corrected chi connectivity index (χ1v) is 13.7. The van der Waals surface area contributed by atoms with Gasteiger partial charge in [-0.1, -0.05) is 34.6 Å². The Balaban J connectivity index is 1.50. The van der Waals surface area contributed by atoms with Gasteiger partial charge < -0.3 is 10.2 Å². The van der Waals surface area contributed by atoms with Gasteiger partial charge in [-0.3, -0.25) is 9.59 Å². The monoisotopic (exact) mass is 480 g/mol. The molecule has 4 unspecified atom stereocenters. The molecule has 6 heteroatoms. The maximum Gasteiger partial charge on any atom is 0.243 e. The van der Waals surface area contributed by atoms with Gasteiger partial charge in [0.15, 0.2) is 0 Å². The molecule has 0 radical (unpaired) electrons. The number of fused-ring (bicyclic) bond motifs is 5. The molecular weight excluding hydrogens is 434 g/mol. The molecular formula is C28H46F2N2O2. The van der Waals surface area contributed by atoms with Crippen molar-refractivity contribution >= 4 is 11.8 Å². The van der Waals surface area contributed by atoms with Gasteiger partial charge in [0.05, 0.1) is 0 Å². The molecule has 1 saturated heterocycles.